The van der Waals surface area contributed by atoms with E-state index in [9.17, 15) is 4.79 Å². The molecule has 1 rings (SSSR count). The molecule has 0 aromatic heterocycles. The van der Waals surface area contributed by atoms with Crippen LogP contribution in [0.15, 0.2) is 24.3 Å². The molecule has 1 atom stereocenters. The second-order valence-corrected chi connectivity index (χ2v) is 4.58. The summed E-state index contributed by atoms with van der Waals surface area (Å²) in [5, 5.41) is 2.66. The van der Waals surface area contributed by atoms with E-state index >= 15 is 0 Å². The second-order valence-electron chi connectivity index (χ2n) is 4.58. The highest BCUT2D eigenvalue weighted by Crippen LogP contribution is 2.10. The first kappa shape index (κ1) is 13.5. The van der Waals surface area contributed by atoms with Crippen LogP contribution in [0, 0.1) is 6.92 Å². The molecule has 1 aromatic carbocycles. The smallest absolute Gasteiger partial charge is 0.411 e. The van der Waals surface area contributed by atoms with E-state index in [1.165, 1.54) is 0 Å². The Morgan fingerprint density at radius 1 is 1.53 bits per heavy atom. The lowest BCUT2D eigenvalue weighted by atomic mass is 10.0. The van der Waals surface area contributed by atoms with Gasteiger partial charge in [-0.2, -0.15) is 0 Å². The van der Waals surface area contributed by atoms with Crippen molar-refractivity contribution in [3.63, 3.8) is 0 Å². The van der Waals surface area contributed by atoms with Gasteiger partial charge in [0.1, 0.15) is 6.61 Å². The van der Waals surface area contributed by atoms with Crippen molar-refractivity contribution >= 4 is 11.8 Å². The summed E-state index contributed by atoms with van der Waals surface area (Å²) in [5.74, 6) is 0. The Hall–Kier alpha value is -1.55. The molecule has 0 aliphatic carbocycles. The van der Waals surface area contributed by atoms with Gasteiger partial charge in [0.2, 0.25) is 0 Å². The molecular formula is C13H20N2O2. The van der Waals surface area contributed by atoms with E-state index in [1.54, 1.807) is 0 Å². The minimum absolute atomic E-state index is 0.209. The van der Waals surface area contributed by atoms with Crippen LogP contribution in [0.25, 0.3) is 0 Å². The molecule has 0 fully saturated rings. The van der Waals surface area contributed by atoms with Crippen molar-refractivity contribution in [3.8, 4) is 0 Å². The maximum absolute atomic E-state index is 11.5. The summed E-state index contributed by atoms with van der Waals surface area (Å²) in [6.45, 7) is 5.99. The van der Waals surface area contributed by atoms with Crippen LogP contribution in [0.3, 0.4) is 0 Å². The monoisotopic (exact) mass is 236 g/mol. The predicted molar refractivity (Wildman–Crippen MR) is 69.0 cm³/mol. The molecule has 0 saturated heterocycles. The van der Waals surface area contributed by atoms with Crippen molar-refractivity contribution in [3.05, 3.63) is 29.8 Å². The Labute approximate surface area is 102 Å². The zero-order valence-corrected chi connectivity index (χ0v) is 10.6. The third kappa shape index (κ3) is 4.87. The highest BCUT2D eigenvalue weighted by molar-refractivity contribution is 5.84. The first-order valence-corrected chi connectivity index (χ1v) is 5.72. The average molecular weight is 236 g/mol. The Kier molecular flexibility index (Phi) is 4.52. The van der Waals surface area contributed by atoms with Crippen molar-refractivity contribution in [1.82, 2.24) is 0 Å². The van der Waals surface area contributed by atoms with Crippen LogP contribution in [-0.2, 0) is 4.74 Å². The van der Waals surface area contributed by atoms with E-state index in [0.29, 0.717) is 0 Å². The van der Waals surface area contributed by atoms with E-state index in [-0.39, 0.29) is 6.61 Å². The molecule has 0 aliphatic heterocycles. The van der Waals surface area contributed by atoms with Crippen LogP contribution in [0.5, 0.6) is 0 Å². The topological polar surface area (TPSA) is 64.3 Å². The lowest BCUT2D eigenvalue weighted by Crippen LogP contribution is -2.41. The van der Waals surface area contributed by atoms with Gasteiger partial charge in [-0.05, 0) is 38.0 Å². The Morgan fingerprint density at radius 3 is 2.82 bits per heavy atom. The molecule has 0 aliphatic rings. The molecule has 1 amide bonds. The summed E-state index contributed by atoms with van der Waals surface area (Å²) < 4.78 is 5.07. The molecule has 4 nitrogen and oxygen atoms in total. The highest BCUT2D eigenvalue weighted by Gasteiger charge is 2.18. The van der Waals surface area contributed by atoms with E-state index < -0.39 is 11.6 Å². The molecule has 0 saturated carbocycles. The van der Waals surface area contributed by atoms with E-state index in [1.807, 2.05) is 45.0 Å². The number of nitrogens with two attached hydrogens (primary N) is 1. The lowest BCUT2D eigenvalue weighted by Gasteiger charge is -2.22. The number of nitrogens with one attached hydrogen (secondary N) is 1. The average Bonchev–Trinajstić information content (AvgIpc) is 2.27. The van der Waals surface area contributed by atoms with Crippen molar-refractivity contribution in [2.45, 2.75) is 32.7 Å². The number of rotatable bonds is 4. The van der Waals surface area contributed by atoms with Crippen LogP contribution >= 0.6 is 0 Å². The largest absolute Gasteiger partial charge is 0.447 e. The molecule has 0 bridgehead atoms. The molecule has 94 valence electrons. The molecule has 0 spiro atoms. The van der Waals surface area contributed by atoms with Gasteiger partial charge in [-0.3, -0.25) is 5.32 Å². The fourth-order valence-electron chi connectivity index (χ4n) is 1.21. The van der Waals surface area contributed by atoms with Gasteiger partial charge in [-0.25, -0.2) is 4.79 Å². The first-order chi connectivity index (χ1) is 7.93. The number of carbonyl (C=O) groups excluding carboxylic acids is 1. The quantitative estimate of drug-likeness (QED) is 0.844. The summed E-state index contributed by atoms with van der Waals surface area (Å²) in [5.41, 5.74) is 7.22. The van der Waals surface area contributed by atoms with E-state index in [0.717, 1.165) is 17.7 Å². The maximum atomic E-state index is 11.5. The van der Waals surface area contributed by atoms with Crippen LogP contribution < -0.4 is 11.1 Å². The van der Waals surface area contributed by atoms with Crippen molar-refractivity contribution < 1.29 is 9.53 Å². The third-order valence-electron chi connectivity index (χ3n) is 2.61. The fraction of sp³-hybridized carbons (Fsp3) is 0.462. The standard InChI is InChI=1S/C13H20N2O2/c1-4-13(3,14)9-17-12(16)15-11-7-5-6-10(2)8-11/h5-8H,4,9,14H2,1-3H3,(H,15,16). The van der Waals surface area contributed by atoms with Gasteiger partial charge in [-0.1, -0.05) is 19.1 Å². The number of hydrogen-bond acceptors (Lipinski definition) is 3. The first-order valence-electron chi connectivity index (χ1n) is 5.72. The minimum Gasteiger partial charge on any atom is -0.447 e. The van der Waals surface area contributed by atoms with Gasteiger partial charge in [0.25, 0.3) is 0 Å². The van der Waals surface area contributed by atoms with Gasteiger partial charge in [0.15, 0.2) is 0 Å². The van der Waals surface area contributed by atoms with Gasteiger partial charge in [0.05, 0.1) is 0 Å². The molecule has 3 N–H and O–H groups in total. The predicted octanol–water partition coefficient (Wildman–Crippen LogP) is 2.67. The SMILES string of the molecule is CCC(C)(N)COC(=O)Nc1cccc(C)c1. The van der Waals surface area contributed by atoms with Gasteiger partial charge < -0.3 is 10.5 Å². The fourth-order valence-corrected chi connectivity index (χ4v) is 1.21. The van der Waals surface area contributed by atoms with Crippen molar-refractivity contribution in [2.24, 2.45) is 5.73 Å². The summed E-state index contributed by atoms with van der Waals surface area (Å²) in [6, 6.07) is 7.53. The summed E-state index contributed by atoms with van der Waals surface area (Å²) >= 11 is 0. The van der Waals surface area contributed by atoms with Crippen molar-refractivity contribution in [2.75, 3.05) is 11.9 Å². The van der Waals surface area contributed by atoms with E-state index in [4.69, 9.17) is 10.5 Å². The molecule has 17 heavy (non-hydrogen) atoms. The Morgan fingerprint density at radius 2 is 2.24 bits per heavy atom. The molecule has 0 heterocycles. The number of amides is 1. The number of anilines is 1. The van der Waals surface area contributed by atoms with Crippen LogP contribution in [0.2, 0.25) is 0 Å². The Bertz CT molecular complexity index is 389. The van der Waals surface area contributed by atoms with Gasteiger partial charge in [0, 0.05) is 11.2 Å². The van der Waals surface area contributed by atoms with Crippen LogP contribution in [0.1, 0.15) is 25.8 Å². The molecule has 1 aromatic rings. The molecule has 0 radical (unpaired) electrons. The second kappa shape index (κ2) is 5.68. The number of ether oxygens (including phenoxy) is 1. The Balaban J connectivity index is 2.45. The lowest BCUT2D eigenvalue weighted by molar-refractivity contribution is 0.132. The number of aryl methyl sites for hydroxylation is 1. The number of carbonyl (C=O) groups is 1. The molecular weight excluding hydrogens is 216 g/mol. The minimum atomic E-state index is -0.472. The van der Waals surface area contributed by atoms with Crippen LogP contribution in [-0.4, -0.2) is 18.2 Å². The molecule has 1 unspecified atom stereocenters. The van der Waals surface area contributed by atoms with Gasteiger partial charge in [-0.15, -0.1) is 0 Å². The summed E-state index contributed by atoms with van der Waals surface area (Å²) in [7, 11) is 0. The number of benzene rings is 1. The number of hydrogen-bond donors (Lipinski definition) is 2. The highest BCUT2D eigenvalue weighted by atomic mass is 16.5. The van der Waals surface area contributed by atoms with E-state index in [2.05, 4.69) is 5.32 Å². The maximum Gasteiger partial charge on any atom is 0.411 e. The zero-order chi connectivity index (χ0) is 12.9. The van der Waals surface area contributed by atoms with Crippen molar-refractivity contribution in [1.29, 1.82) is 0 Å². The molecule has 4 heteroatoms. The zero-order valence-electron chi connectivity index (χ0n) is 10.6. The third-order valence-corrected chi connectivity index (χ3v) is 2.61. The normalized spacial score (nSPS) is 13.9. The summed E-state index contributed by atoms with van der Waals surface area (Å²) in [6.07, 6.45) is 0.283. The van der Waals surface area contributed by atoms with Crippen LogP contribution in [0.4, 0.5) is 10.5 Å². The summed E-state index contributed by atoms with van der Waals surface area (Å²) in [4.78, 5) is 11.5. The van der Waals surface area contributed by atoms with Gasteiger partial charge >= 0.3 is 6.09 Å².